The highest BCUT2D eigenvalue weighted by Crippen LogP contribution is 2.25. The van der Waals surface area contributed by atoms with E-state index in [0.717, 1.165) is 0 Å². The Balaban J connectivity index is 2.26. The number of carbonyl (C=O) groups is 1. The number of fused-ring (bicyclic) bond motifs is 1. The van der Waals surface area contributed by atoms with E-state index in [2.05, 4.69) is 25.1 Å². The van der Waals surface area contributed by atoms with Crippen LogP contribution in [-0.4, -0.2) is 32.8 Å². The second-order valence-corrected chi connectivity index (χ2v) is 4.18. The third-order valence-electron chi connectivity index (χ3n) is 3.02. The average Bonchev–Trinajstić information content (AvgIpc) is 2.99. The monoisotopic (exact) mass is 295 g/mol. The van der Waals surface area contributed by atoms with Crippen LogP contribution in [0.3, 0.4) is 0 Å². The summed E-state index contributed by atoms with van der Waals surface area (Å²) in [5.41, 5.74) is 9.62. The van der Waals surface area contributed by atoms with Gasteiger partial charge in [0.1, 0.15) is 0 Å². The molecular formula is C13H9N7O2. The van der Waals surface area contributed by atoms with E-state index in [-0.39, 0.29) is 11.6 Å². The molecule has 9 heteroatoms. The van der Waals surface area contributed by atoms with Crippen molar-refractivity contribution >= 4 is 22.7 Å². The molecule has 0 radical (unpaired) electrons. The SMILES string of the molecule is COC(=O)c1cccc2c1cnn2-c1nccnc1N=[N+]=[N-]. The van der Waals surface area contributed by atoms with E-state index in [1.54, 1.807) is 18.2 Å². The number of methoxy groups -OCH3 is 1. The molecule has 0 fully saturated rings. The fraction of sp³-hybridized carbons (Fsp3) is 0.0769. The smallest absolute Gasteiger partial charge is 0.338 e. The molecule has 2 heterocycles. The minimum atomic E-state index is -0.459. The second-order valence-electron chi connectivity index (χ2n) is 4.18. The van der Waals surface area contributed by atoms with Gasteiger partial charge in [-0.3, -0.25) is 0 Å². The summed E-state index contributed by atoms with van der Waals surface area (Å²) in [5.74, 6) is -0.0876. The van der Waals surface area contributed by atoms with E-state index in [9.17, 15) is 4.79 Å². The molecule has 0 saturated carbocycles. The fourth-order valence-corrected chi connectivity index (χ4v) is 2.09. The molecule has 3 rings (SSSR count). The van der Waals surface area contributed by atoms with Gasteiger partial charge in [0.15, 0.2) is 11.6 Å². The van der Waals surface area contributed by atoms with Crippen molar-refractivity contribution in [1.29, 1.82) is 0 Å². The van der Waals surface area contributed by atoms with E-state index in [1.807, 2.05) is 0 Å². The molecule has 9 nitrogen and oxygen atoms in total. The van der Waals surface area contributed by atoms with Crippen LogP contribution < -0.4 is 0 Å². The third kappa shape index (κ3) is 2.11. The first-order chi connectivity index (χ1) is 10.8. The highest BCUT2D eigenvalue weighted by atomic mass is 16.5. The molecule has 1 aromatic carbocycles. The number of rotatable bonds is 3. The largest absolute Gasteiger partial charge is 0.465 e. The molecule has 2 aromatic heterocycles. The van der Waals surface area contributed by atoms with E-state index >= 15 is 0 Å². The number of ether oxygens (including phenoxy) is 1. The van der Waals surface area contributed by atoms with Gasteiger partial charge in [0.2, 0.25) is 0 Å². The minimum Gasteiger partial charge on any atom is -0.465 e. The van der Waals surface area contributed by atoms with Crippen molar-refractivity contribution in [3.8, 4) is 5.82 Å². The summed E-state index contributed by atoms with van der Waals surface area (Å²) in [5, 5.41) is 8.31. The predicted molar refractivity (Wildman–Crippen MR) is 76.8 cm³/mol. The number of carbonyl (C=O) groups excluding carboxylic acids is 1. The first kappa shape index (κ1) is 13.5. The predicted octanol–water partition coefficient (Wildman–Crippen LogP) is 2.54. The number of aromatic nitrogens is 4. The van der Waals surface area contributed by atoms with Crippen LogP contribution in [0.4, 0.5) is 5.82 Å². The van der Waals surface area contributed by atoms with Gasteiger partial charge < -0.3 is 4.74 Å². The molecule has 22 heavy (non-hydrogen) atoms. The molecule has 0 spiro atoms. The number of hydrogen-bond acceptors (Lipinski definition) is 6. The lowest BCUT2D eigenvalue weighted by Crippen LogP contribution is -2.03. The lowest BCUT2D eigenvalue weighted by atomic mass is 10.1. The maximum atomic E-state index is 11.8. The van der Waals surface area contributed by atoms with Gasteiger partial charge in [0.05, 0.1) is 24.4 Å². The van der Waals surface area contributed by atoms with Gasteiger partial charge in [-0.25, -0.2) is 19.4 Å². The van der Waals surface area contributed by atoms with Gasteiger partial charge in [0.25, 0.3) is 0 Å². The van der Waals surface area contributed by atoms with Crippen LogP contribution in [0.5, 0.6) is 0 Å². The van der Waals surface area contributed by atoms with Gasteiger partial charge in [-0.05, 0) is 22.8 Å². The number of benzene rings is 1. The summed E-state index contributed by atoms with van der Waals surface area (Å²) in [6.07, 6.45) is 4.40. The lowest BCUT2D eigenvalue weighted by Gasteiger charge is -2.05. The quantitative estimate of drug-likeness (QED) is 0.318. The molecule has 0 unspecified atom stereocenters. The summed E-state index contributed by atoms with van der Waals surface area (Å²) in [4.78, 5) is 22.6. The number of hydrogen-bond donors (Lipinski definition) is 0. The molecule has 0 bridgehead atoms. The second kappa shape index (κ2) is 5.51. The fourth-order valence-electron chi connectivity index (χ4n) is 2.09. The van der Waals surface area contributed by atoms with Crippen LogP contribution in [0.2, 0.25) is 0 Å². The number of azide groups is 1. The third-order valence-corrected chi connectivity index (χ3v) is 3.02. The molecule has 0 aliphatic carbocycles. The molecule has 0 amide bonds. The summed E-state index contributed by atoms with van der Waals surface area (Å²) < 4.78 is 6.21. The number of nitrogens with zero attached hydrogens (tertiary/aromatic N) is 7. The standard InChI is InChI=1S/C13H9N7O2/c1-22-13(21)8-3-2-4-10-9(8)7-17-20(10)12-11(18-19-14)15-5-6-16-12/h2-7H,1H3. The normalized spacial score (nSPS) is 10.2. The average molecular weight is 295 g/mol. The van der Waals surface area contributed by atoms with Crippen LogP contribution in [0.1, 0.15) is 10.4 Å². The van der Waals surface area contributed by atoms with Crippen molar-refractivity contribution < 1.29 is 9.53 Å². The minimum absolute atomic E-state index is 0.0958. The number of esters is 1. The van der Waals surface area contributed by atoms with Crippen molar-refractivity contribution in [3.05, 3.63) is 52.8 Å². The van der Waals surface area contributed by atoms with Crippen LogP contribution in [0.25, 0.3) is 27.2 Å². The zero-order valence-electron chi connectivity index (χ0n) is 11.4. The van der Waals surface area contributed by atoms with Gasteiger partial charge in [0, 0.05) is 22.7 Å². The van der Waals surface area contributed by atoms with E-state index in [1.165, 1.54) is 30.4 Å². The Kier molecular flexibility index (Phi) is 3.39. The van der Waals surface area contributed by atoms with Crippen LogP contribution in [0, 0.1) is 0 Å². The maximum Gasteiger partial charge on any atom is 0.338 e. The highest BCUT2D eigenvalue weighted by molar-refractivity contribution is 6.03. The van der Waals surface area contributed by atoms with Crippen LogP contribution in [-0.2, 0) is 4.74 Å². The summed E-state index contributed by atoms with van der Waals surface area (Å²) in [7, 11) is 1.31. The Morgan fingerprint density at radius 3 is 2.95 bits per heavy atom. The molecule has 3 aromatic rings. The topological polar surface area (TPSA) is 119 Å². The highest BCUT2D eigenvalue weighted by Gasteiger charge is 2.16. The van der Waals surface area contributed by atoms with E-state index in [4.69, 9.17) is 10.3 Å². The molecule has 0 atom stereocenters. The molecule has 0 N–H and O–H groups in total. The molecule has 0 aliphatic rings. The van der Waals surface area contributed by atoms with Crippen molar-refractivity contribution in [2.24, 2.45) is 5.11 Å². The molecular weight excluding hydrogens is 286 g/mol. The van der Waals surface area contributed by atoms with E-state index < -0.39 is 5.97 Å². The Labute approximate surface area is 123 Å². The van der Waals surface area contributed by atoms with Crippen LogP contribution in [0.15, 0.2) is 41.9 Å². The van der Waals surface area contributed by atoms with Crippen molar-refractivity contribution in [3.63, 3.8) is 0 Å². The Bertz CT molecular complexity index is 912. The van der Waals surface area contributed by atoms with Gasteiger partial charge in [-0.15, -0.1) is 0 Å². The van der Waals surface area contributed by atoms with Gasteiger partial charge in [-0.1, -0.05) is 6.07 Å². The molecule has 0 aliphatic heterocycles. The van der Waals surface area contributed by atoms with Gasteiger partial charge in [-0.2, -0.15) is 5.10 Å². The first-order valence-electron chi connectivity index (χ1n) is 6.18. The van der Waals surface area contributed by atoms with Crippen LogP contribution >= 0.6 is 0 Å². The Hall–Kier alpha value is -3.45. The van der Waals surface area contributed by atoms with Gasteiger partial charge >= 0.3 is 5.97 Å². The molecule has 108 valence electrons. The maximum absolute atomic E-state index is 11.8. The summed E-state index contributed by atoms with van der Waals surface area (Å²) in [6.45, 7) is 0. The summed E-state index contributed by atoms with van der Waals surface area (Å²) >= 11 is 0. The van der Waals surface area contributed by atoms with Crippen molar-refractivity contribution in [2.75, 3.05) is 7.11 Å². The summed E-state index contributed by atoms with van der Waals surface area (Å²) in [6, 6.07) is 5.12. The lowest BCUT2D eigenvalue weighted by molar-refractivity contribution is 0.0603. The Morgan fingerprint density at radius 1 is 1.36 bits per heavy atom. The molecule has 0 saturated heterocycles. The first-order valence-corrected chi connectivity index (χ1v) is 6.18. The Morgan fingerprint density at radius 2 is 2.18 bits per heavy atom. The van der Waals surface area contributed by atoms with Crippen molar-refractivity contribution in [2.45, 2.75) is 0 Å². The zero-order valence-corrected chi connectivity index (χ0v) is 11.4. The van der Waals surface area contributed by atoms with Crippen molar-refractivity contribution in [1.82, 2.24) is 19.7 Å². The zero-order chi connectivity index (χ0) is 15.5. The van der Waals surface area contributed by atoms with E-state index in [0.29, 0.717) is 16.5 Å².